The van der Waals surface area contributed by atoms with Crippen LogP contribution in [0.1, 0.15) is 42.1 Å². The van der Waals surface area contributed by atoms with E-state index in [1.807, 2.05) is 32.2 Å². The van der Waals surface area contributed by atoms with E-state index in [0.717, 1.165) is 29.8 Å². The van der Waals surface area contributed by atoms with E-state index in [1.165, 1.54) is 12.8 Å². The molecule has 0 aliphatic heterocycles. The van der Waals surface area contributed by atoms with Crippen molar-refractivity contribution in [2.75, 3.05) is 18.9 Å². The van der Waals surface area contributed by atoms with Crippen molar-refractivity contribution in [3.63, 3.8) is 0 Å². The Morgan fingerprint density at radius 2 is 2.11 bits per heavy atom. The van der Waals surface area contributed by atoms with Crippen molar-refractivity contribution in [3.8, 4) is 0 Å². The summed E-state index contributed by atoms with van der Waals surface area (Å²) in [6.07, 6.45) is 3.66. The zero-order chi connectivity index (χ0) is 13.2. The second-order valence-electron chi connectivity index (χ2n) is 5.32. The van der Waals surface area contributed by atoms with Crippen molar-refractivity contribution in [2.24, 2.45) is 5.41 Å². The number of hydrogen-bond donors (Lipinski definition) is 2. The van der Waals surface area contributed by atoms with E-state index in [-0.39, 0.29) is 5.91 Å². The van der Waals surface area contributed by atoms with Gasteiger partial charge in [-0.1, -0.05) is 6.92 Å². The van der Waals surface area contributed by atoms with Crippen LogP contribution in [-0.2, 0) is 0 Å². The molecule has 18 heavy (non-hydrogen) atoms. The molecule has 0 unspecified atom stereocenters. The minimum atomic E-state index is 0.0508. The first-order chi connectivity index (χ1) is 8.60. The molecule has 1 amide bonds. The lowest BCUT2D eigenvalue weighted by molar-refractivity contribution is 0.0944. The van der Waals surface area contributed by atoms with E-state index >= 15 is 0 Å². The number of aryl methyl sites for hydroxylation is 1. The Balaban J connectivity index is 2.00. The first-order valence-corrected chi connectivity index (χ1v) is 6.67. The van der Waals surface area contributed by atoms with Crippen LogP contribution in [0.5, 0.6) is 0 Å². The Labute approximate surface area is 109 Å². The molecule has 0 heterocycles. The van der Waals surface area contributed by atoms with E-state index in [2.05, 4.69) is 17.6 Å². The smallest absolute Gasteiger partial charge is 0.251 e. The minimum Gasteiger partial charge on any atom is -0.388 e. The van der Waals surface area contributed by atoms with Crippen LogP contribution in [0, 0.1) is 12.3 Å². The van der Waals surface area contributed by atoms with Crippen LogP contribution in [0.3, 0.4) is 0 Å². The van der Waals surface area contributed by atoms with E-state index in [4.69, 9.17) is 0 Å². The van der Waals surface area contributed by atoms with E-state index in [1.54, 1.807) is 0 Å². The van der Waals surface area contributed by atoms with Crippen LogP contribution in [0.25, 0.3) is 0 Å². The molecule has 1 fully saturated rings. The fourth-order valence-corrected chi connectivity index (χ4v) is 2.27. The average Bonchev–Trinajstić information content (AvgIpc) is 3.16. The summed E-state index contributed by atoms with van der Waals surface area (Å²) < 4.78 is 0. The third-order valence-corrected chi connectivity index (χ3v) is 4.09. The Kier molecular flexibility index (Phi) is 3.60. The van der Waals surface area contributed by atoms with Crippen molar-refractivity contribution in [2.45, 2.75) is 33.1 Å². The summed E-state index contributed by atoms with van der Waals surface area (Å²) in [6, 6.07) is 5.83. The second-order valence-corrected chi connectivity index (χ2v) is 5.32. The monoisotopic (exact) mass is 246 g/mol. The second kappa shape index (κ2) is 5.01. The SMILES string of the molecule is CCC1(CNC(=O)c2ccc(NC)cc2C)CC1. The molecule has 3 nitrogen and oxygen atoms in total. The zero-order valence-corrected chi connectivity index (χ0v) is 11.5. The fourth-order valence-electron chi connectivity index (χ4n) is 2.27. The quantitative estimate of drug-likeness (QED) is 0.838. The number of carbonyl (C=O) groups is 1. The van der Waals surface area contributed by atoms with Crippen LogP contribution in [0.15, 0.2) is 18.2 Å². The molecule has 0 spiro atoms. The molecule has 1 aliphatic carbocycles. The van der Waals surface area contributed by atoms with Gasteiger partial charge in [-0.25, -0.2) is 0 Å². The molecule has 2 rings (SSSR count). The number of nitrogens with one attached hydrogen (secondary N) is 2. The van der Waals surface area contributed by atoms with Crippen LogP contribution in [0.2, 0.25) is 0 Å². The maximum Gasteiger partial charge on any atom is 0.251 e. The van der Waals surface area contributed by atoms with Crippen molar-refractivity contribution >= 4 is 11.6 Å². The highest BCUT2D eigenvalue weighted by Gasteiger charge is 2.40. The first kappa shape index (κ1) is 12.9. The molecule has 98 valence electrons. The van der Waals surface area contributed by atoms with Gasteiger partial charge in [-0.05, 0) is 55.4 Å². The standard InChI is InChI=1S/C15H22N2O/c1-4-15(7-8-15)10-17-14(18)13-6-5-12(16-3)9-11(13)2/h5-6,9,16H,4,7-8,10H2,1-3H3,(H,17,18). The highest BCUT2D eigenvalue weighted by Crippen LogP contribution is 2.47. The molecule has 3 heteroatoms. The molecule has 0 radical (unpaired) electrons. The van der Waals surface area contributed by atoms with Gasteiger partial charge in [0, 0.05) is 24.8 Å². The van der Waals surface area contributed by atoms with Gasteiger partial charge in [-0.2, -0.15) is 0 Å². The number of rotatable bonds is 5. The van der Waals surface area contributed by atoms with Crippen molar-refractivity contribution in [1.29, 1.82) is 0 Å². The van der Waals surface area contributed by atoms with Crippen LogP contribution >= 0.6 is 0 Å². The normalized spacial score (nSPS) is 16.2. The third-order valence-electron chi connectivity index (χ3n) is 4.09. The van der Waals surface area contributed by atoms with Gasteiger partial charge in [0.05, 0.1) is 0 Å². The van der Waals surface area contributed by atoms with Gasteiger partial charge in [0.25, 0.3) is 5.91 Å². The summed E-state index contributed by atoms with van der Waals surface area (Å²) in [5.41, 5.74) is 3.23. The highest BCUT2D eigenvalue weighted by molar-refractivity contribution is 5.96. The topological polar surface area (TPSA) is 41.1 Å². The predicted octanol–water partition coefficient (Wildman–Crippen LogP) is 2.96. The van der Waals surface area contributed by atoms with Crippen LogP contribution < -0.4 is 10.6 Å². The van der Waals surface area contributed by atoms with E-state index < -0.39 is 0 Å². The molecule has 1 saturated carbocycles. The fraction of sp³-hybridized carbons (Fsp3) is 0.533. The predicted molar refractivity (Wildman–Crippen MR) is 75.0 cm³/mol. The summed E-state index contributed by atoms with van der Waals surface area (Å²) in [4.78, 5) is 12.1. The highest BCUT2D eigenvalue weighted by atomic mass is 16.1. The molecule has 1 aromatic rings. The summed E-state index contributed by atoms with van der Waals surface area (Å²) in [7, 11) is 1.88. The van der Waals surface area contributed by atoms with Gasteiger partial charge in [-0.15, -0.1) is 0 Å². The largest absolute Gasteiger partial charge is 0.388 e. The van der Waals surface area contributed by atoms with E-state index in [9.17, 15) is 4.79 Å². The van der Waals surface area contributed by atoms with Gasteiger partial charge in [0.1, 0.15) is 0 Å². The molecular weight excluding hydrogens is 224 g/mol. The first-order valence-electron chi connectivity index (χ1n) is 6.67. The molecule has 0 atom stereocenters. The van der Waals surface area contributed by atoms with Gasteiger partial charge in [0.2, 0.25) is 0 Å². The molecule has 0 saturated heterocycles. The Morgan fingerprint density at radius 3 is 2.61 bits per heavy atom. The lowest BCUT2D eigenvalue weighted by Crippen LogP contribution is -2.30. The number of carbonyl (C=O) groups excluding carboxylic acids is 1. The average molecular weight is 246 g/mol. The maximum absolute atomic E-state index is 12.1. The minimum absolute atomic E-state index is 0.0508. The summed E-state index contributed by atoms with van der Waals surface area (Å²) in [5, 5.41) is 6.15. The molecule has 1 aromatic carbocycles. The lowest BCUT2D eigenvalue weighted by Gasteiger charge is -2.14. The summed E-state index contributed by atoms with van der Waals surface area (Å²) >= 11 is 0. The Bertz CT molecular complexity index is 450. The molecule has 0 aromatic heterocycles. The van der Waals surface area contributed by atoms with Gasteiger partial charge in [-0.3, -0.25) is 4.79 Å². The Hall–Kier alpha value is -1.51. The van der Waals surface area contributed by atoms with Gasteiger partial charge in [0.15, 0.2) is 0 Å². The summed E-state index contributed by atoms with van der Waals surface area (Å²) in [5.74, 6) is 0.0508. The number of benzene rings is 1. The number of amides is 1. The molecular formula is C15H22N2O. The molecule has 0 bridgehead atoms. The lowest BCUT2D eigenvalue weighted by atomic mass is 10.0. The van der Waals surface area contributed by atoms with Crippen LogP contribution in [-0.4, -0.2) is 19.5 Å². The molecule has 1 aliphatic rings. The molecule has 2 N–H and O–H groups in total. The third kappa shape index (κ3) is 2.66. The van der Waals surface area contributed by atoms with Crippen molar-refractivity contribution < 1.29 is 4.79 Å². The maximum atomic E-state index is 12.1. The summed E-state index contributed by atoms with van der Waals surface area (Å²) in [6.45, 7) is 4.99. The van der Waals surface area contributed by atoms with E-state index in [0.29, 0.717) is 5.41 Å². The number of anilines is 1. The van der Waals surface area contributed by atoms with Gasteiger partial charge < -0.3 is 10.6 Å². The zero-order valence-electron chi connectivity index (χ0n) is 11.5. The number of hydrogen-bond acceptors (Lipinski definition) is 2. The van der Waals surface area contributed by atoms with Crippen molar-refractivity contribution in [3.05, 3.63) is 29.3 Å². The Morgan fingerprint density at radius 1 is 1.39 bits per heavy atom. The van der Waals surface area contributed by atoms with Crippen molar-refractivity contribution in [1.82, 2.24) is 5.32 Å². The van der Waals surface area contributed by atoms with Gasteiger partial charge >= 0.3 is 0 Å². The van der Waals surface area contributed by atoms with Crippen LogP contribution in [0.4, 0.5) is 5.69 Å².